The average molecular weight is 412 g/mol. The van der Waals surface area contributed by atoms with E-state index in [9.17, 15) is 14.4 Å². The van der Waals surface area contributed by atoms with Crippen LogP contribution in [0.15, 0.2) is 23.0 Å². The van der Waals surface area contributed by atoms with E-state index >= 15 is 0 Å². The third-order valence-electron chi connectivity index (χ3n) is 6.11. The molecule has 2 aliphatic rings. The Labute approximate surface area is 175 Å². The summed E-state index contributed by atoms with van der Waals surface area (Å²) in [5.74, 6) is -0.0687. The maximum Gasteiger partial charge on any atom is 0.338 e. The quantitative estimate of drug-likeness (QED) is 0.617. The standard InChI is InChI=1S/C23H29N3O4/c27-21(24-17-8-4-1-2-5-9-17)15-30-23(29)16-11-12-18-19(14-16)25-20-10-6-3-7-13-26(20)22(18)28/h11-12,14,17H,1-10,13,15H2,(H,24,27). The second-order valence-electron chi connectivity index (χ2n) is 8.36. The smallest absolute Gasteiger partial charge is 0.338 e. The van der Waals surface area contributed by atoms with E-state index < -0.39 is 5.97 Å². The molecule has 0 atom stereocenters. The summed E-state index contributed by atoms with van der Waals surface area (Å²) >= 11 is 0. The van der Waals surface area contributed by atoms with Gasteiger partial charge >= 0.3 is 5.97 Å². The first-order chi connectivity index (χ1) is 14.6. The molecule has 2 aromatic rings. The van der Waals surface area contributed by atoms with Gasteiger partial charge in [0.15, 0.2) is 6.61 Å². The fraction of sp³-hybridized carbons (Fsp3) is 0.565. The Morgan fingerprint density at radius 3 is 2.63 bits per heavy atom. The monoisotopic (exact) mass is 411 g/mol. The lowest BCUT2D eigenvalue weighted by molar-refractivity contribution is -0.125. The summed E-state index contributed by atoms with van der Waals surface area (Å²) in [5, 5.41) is 3.47. The molecular weight excluding hydrogens is 382 g/mol. The van der Waals surface area contributed by atoms with Crippen molar-refractivity contribution in [3.8, 4) is 0 Å². The number of nitrogens with one attached hydrogen (secondary N) is 1. The number of amides is 1. The third-order valence-corrected chi connectivity index (χ3v) is 6.11. The second kappa shape index (κ2) is 9.41. The van der Waals surface area contributed by atoms with Gasteiger partial charge in [0.05, 0.1) is 16.5 Å². The number of carbonyl (C=O) groups is 2. The summed E-state index contributed by atoms with van der Waals surface area (Å²) in [4.78, 5) is 42.0. The number of rotatable bonds is 4. The lowest BCUT2D eigenvalue weighted by Gasteiger charge is -2.16. The Hall–Kier alpha value is -2.70. The number of benzene rings is 1. The molecule has 30 heavy (non-hydrogen) atoms. The molecule has 1 aliphatic carbocycles. The van der Waals surface area contributed by atoms with Crippen molar-refractivity contribution in [2.24, 2.45) is 0 Å². The van der Waals surface area contributed by atoms with E-state index in [1.165, 1.54) is 12.8 Å². The Morgan fingerprint density at radius 2 is 1.83 bits per heavy atom. The third kappa shape index (κ3) is 4.71. The molecule has 7 nitrogen and oxygen atoms in total. The molecule has 0 saturated heterocycles. The molecule has 0 radical (unpaired) electrons. The number of nitrogens with zero attached hydrogens (tertiary/aromatic N) is 2. The highest BCUT2D eigenvalue weighted by molar-refractivity contribution is 5.95. The van der Waals surface area contributed by atoms with E-state index in [-0.39, 0.29) is 24.1 Å². The Balaban J connectivity index is 1.43. The summed E-state index contributed by atoms with van der Waals surface area (Å²) in [6.07, 6.45) is 10.5. The number of fused-ring (bicyclic) bond motifs is 2. The van der Waals surface area contributed by atoms with Crippen molar-refractivity contribution in [3.05, 3.63) is 39.9 Å². The predicted octanol–water partition coefficient (Wildman–Crippen LogP) is 3.12. The minimum atomic E-state index is -0.579. The van der Waals surface area contributed by atoms with Gasteiger partial charge < -0.3 is 10.1 Å². The molecule has 1 aromatic carbocycles. The van der Waals surface area contributed by atoms with Crippen molar-refractivity contribution in [3.63, 3.8) is 0 Å². The van der Waals surface area contributed by atoms with E-state index in [2.05, 4.69) is 10.3 Å². The number of carbonyl (C=O) groups excluding carboxylic acids is 2. The predicted molar refractivity (Wildman–Crippen MR) is 113 cm³/mol. The fourth-order valence-corrected chi connectivity index (χ4v) is 4.45. The zero-order valence-corrected chi connectivity index (χ0v) is 17.3. The molecule has 1 N–H and O–H groups in total. The van der Waals surface area contributed by atoms with Gasteiger partial charge in [-0.1, -0.05) is 32.1 Å². The zero-order chi connectivity index (χ0) is 20.9. The van der Waals surface area contributed by atoms with E-state index in [0.717, 1.165) is 57.2 Å². The Bertz CT molecular complexity index is 990. The van der Waals surface area contributed by atoms with Crippen LogP contribution in [0.1, 0.15) is 74.0 Å². The van der Waals surface area contributed by atoms with Crippen LogP contribution in [0.4, 0.5) is 0 Å². The van der Waals surface area contributed by atoms with Crippen molar-refractivity contribution in [2.75, 3.05) is 6.61 Å². The number of hydrogen-bond acceptors (Lipinski definition) is 5. The van der Waals surface area contributed by atoms with Crippen LogP contribution in [0.3, 0.4) is 0 Å². The molecule has 1 aliphatic heterocycles. The normalized spacial score (nSPS) is 17.6. The van der Waals surface area contributed by atoms with Gasteiger partial charge in [0.1, 0.15) is 5.82 Å². The highest BCUT2D eigenvalue weighted by atomic mass is 16.5. The number of hydrogen-bond donors (Lipinski definition) is 1. The molecule has 1 aromatic heterocycles. The van der Waals surface area contributed by atoms with Gasteiger partial charge in [-0.25, -0.2) is 9.78 Å². The van der Waals surface area contributed by atoms with Gasteiger partial charge in [-0.3, -0.25) is 14.2 Å². The van der Waals surface area contributed by atoms with Crippen molar-refractivity contribution in [1.29, 1.82) is 0 Å². The van der Waals surface area contributed by atoms with Crippen molar-refractivity contribution in [2.45, 2.75) is 76.8 Å². The first kappa shape index (κ1) is 20.6. The van der Waals surface area contributed by atoms with Gasteiger partial charge in [-0.2, -0.15) is 0 Å². The minimum Gasteiger partial charge on any atom is -0.452 e. The van der Waals surface area contributed by atoms with Gasteiger partial charge in [-0.05, 0) is 43.9 Å². The summed E-state index contributed by atoms with van der Waals surface area (Å²) in [7, 11) is 0. The molecule has 0 spiro atoms. The second-order valence-corrected chi connectivity index (χ2v) is 8.36. The Kier molecular flexibility index (Phi) is 6.45. The molecule has 1 fully saturated rings. The molecule has 0 unspecified atom stereocenters. The lowest BCUT2D eigenvalue weighted by atomic mass is 10.1. The van der Waals surface area contributed by atoms with Crippen LogP contribution in [0, 0.1) is 0 Å². The SMILES string of the molecule is O=C(COC(=O)c1ccc2c(=O)n3c(nc2c1)CCCCC3)NC1CCCCCC1. The molecule has 4 rings (SSSR count). The number of aryl methyl sites for hydroxylation is 1. The van der Waals surface area contributed by atoms with Crippen molar-refractivity contribution in [1.82, 2.24) is 14.9 Å². The fourth-order valence-electron chi connectivity index (χ4n) is 4.45. The minimum absolute atomic E-state index is 0.0559. The molecule has 7 heteroatoms. The van der Waals surface area contributed by atoms with Crippen molar-refractivity contribution < 1.29 is 14.3 Å². The van der Waals surface area contributed by atoms with Crippen LogP contribution in [-0.2, 0) is 22.5 Å². The van der Waals surface area contributed by atoms with Gasteiger partial charge in [0, 0.05) is 19.0 Å². The summed E-state index contributed by atoms with van der Waals surface area (Å²) < 4.78 is 6.97. The van der Waals surface area contributed by atoms with E-state index in [1.54, 1.807) is 22.8 Å². The van der Waals surface area contributed by atoms with E-state index in [4.69, 9.17) is 4.74 Å². The molecule has 1 saturated carbocycles. The lowest BCUT2D eigenvalue weighted by Crippen LogP contribution is -2.37. The maximum absolute atomic E-state index is 12.8. The summed E-state index contributed by atoms with van der Waals surface area (Å²) in [5.41, 5.74) is 0.750. The first-order valence-electron chi connectivity index (χ1n) is 11.1. The first-order valence-corrected chi connectivity index (χ1v) is 11.1. The number of aromatic nitrogens is 2. The Morgan fingerprint density at radius 1 is 1.07 bits per heavy atom. The van der Waals surface area contributed by atoms with E-state index in [0.29, 0.717) is 23.0 Å². The van der Waals surface area contributed by atoms with Crippen LogP contribution in [0.5, 0.6) is 0 Å². The average Bonchev–Trinajstić information content (AvgIpc) is 3.15. The topological polar surface area (TPSA) is 90.3 Å². The molecule has 1 amide bonds. The number of esters is 1. The van der Waals surface area contributed by atoms with Crippen LogP contribution >= 0.6 is 0 Å². The number of ether oxygens (including phenoxy) is 1. The van der Waals surface area contributed by atoms with Crippen LogP contribution in [0.2, 0.25) is 0 Å². The van der Waals surface area contributed by atoms with Gasteiger partial charge in [0.2, 0.25) is 0 Å². The molecular formula is C23H29N3O4. The summed E-state index contributed by atoms with van der Waals surface area (Å²) in [6, 6.07) is 4.96. The highest BCUT2D eigenvalue weighted by Gasteiger charge is 2.18. The van der Waals surface area contributed by atoms with Crippen molar-refractivity contribution >= 4 is 22.8 Å². The summed E-state index contributed by atoms with van der Waals surface area (Å²) in [6.45, 7) is 0.394. The van der Waals surface area contributed by atoms with Gasteiger partial charge in [0.25, 0.3) is 11.5 Å². The largest absolute Gasteiger partial charge is 0.452 e. The molecule has 0 bridgehead atoms. The van der Waals surface area contributed by atoms with E-state index in [1.807, 2.05) is 0 Å². The maximum atomic E-state index is 12.8. The highest BCUT2D eigenvalue weighted by Crippen LogP contribution is 2.18. The van der Waals surface area contributed by atoms with Gasteiger partial charge in [-0.15, -0.1) is 0 Å². The van der Waals surface area contributed by atoms with Crippen LogP contribution < -0.4 is 10.9 Å². The van der Waals surface area contributed by atoms with Crippen LogP contribution in [-0.4, -0.2) is 34.1 Å². The molecule has 2 heterocycles. The zero-order valence-electron chi connectivity index (χ0n) is 17.3. The molecule has 160 valence electrons. The van der Waals surface area contributed by atoms with Crippen LogP contribution in [0.25, 0.3) is 10.9 Å².